The number of nitrogens with zero attached hydrogens (tertiary/aromatic N) is 3. The van der Waals surface area contributed by atoms with Crippen molar-refractivity contribution in [2.45, 2.75) is 46.7 Å². The lowest BCUT2D eigenvalue weighted by molar-refractivity contribution is 0.255. The van der Waals surface area contributed by atoms with Crippen LogP contribution >= 0.6 is 24.0 Å². The van der Waals surface area contributed by atoms with Crippen LogP contribution in [0.4, 0.5) is 0 Å². The van der Waals surface area contributed by atoms with Gasteiger partial charge >= 0.3 is 0 Å². The van der Waals surface area contributed by atoms with Gasteiger partial charge in [0.1, 0.15) is 5.76 Å². The molecule has 0 aliphatic carbocycles. The monoisotopic (exact) mass is 423 g/mol. The first-order valence-electron chi connectivity index (χ1n) is 7.55. The molecular weight excluding hydrogens is 393 g/mol. The summed E-state index contributed by atoms with van der Waals surface area (Å²) in [5, 5.41) is 6.51. The molecule has 1 rings (SSSR count). The molecule has 1 aromatic rings. The Bertz CT molecular complexity index is 441. The van der Waals surface area contributed by atoms with Crippen molar-refractivity contribution in [2.24, 2.45) is 4.99 Å². The van der Waals surface area contributed by atoms with E-state index < -0.39 is 0 Å². The number of halogens is 1. The largest absolute Gasteiger partial charge is 0.444 e. The van der Waals surface area contributed by atoms with Crippen molar-refractivity contribution in [3.05, 3.63) is 17.3 Å². The highest BCUT2D eigenvalue weighted by Gasteiger charge is 2.08. The number of aliphatic imine (C=N–C) groups is 1. The molecule has 1 atom stereocenters. The van der Waals surface area contributed by atoms with Gasteiger partial charge in [0.25, 0.3) is 0 Å². The SMILES string of the molecule is CCC(C)N(C)CCNC(=NC)NCc1nc(C)c(C)o1.I. The van der Waals surface area contributed by atoms with Crippen LogP contribution in [-0.4, -0.2) is 49.1 Å². The molecule has 0 radical (unpaired) electrons. The molecule has 0 bridgehead atoms. The molecule has 2 N–H and O–H groups in total. The molecule has 0 aliphatic heterocycles. The summed E-state index contributed by atoms with van der Waals surface area (Å²) in [6.45, 7) is 10.7. The summed E-state index contributed by atoms with van der Waals surface area (Å²) in [4.78, 5) is 10.9. The average Bonchev–Trinajstić information content (AvgIpc) is 2.80. The van der Waals surface area contributed by atoms with Crippen molar-refractivity contribution in [3.63, 3.8) is 0 Å². The quantitative estimate of drug-likeness (QED) is 0.400. The predicted octanol–water partition coefficient (Wildman–Crippen LogP) is 2.30. The fraction of sp³-hybridized carbons (Fsp3) is 0.733. The van der Waals surface area contributed by atoms with E-state index in [-0.39, 0.29) is 24.0 Å². The standard InChI is InChI=1S/C15H29N5O.HI/c1-7-11(2)20(6)9-8-17-15(16-5)18-10-14-19-12(3)13(4)21-14;/h11H,7-10H2,1-6H3,(H2,16,17,18);1H. The number of likely N-dealkylation sites (N-methyl/N-ethyl adjacent to an activating group) is 1. The zero-order valence-corrected chi connectivity index (χ0v) is 16.9. The second kappa shape index (κ2) is 10.8. The second-order valence-electron chi connectivity index (χ2n) is 5.34. The topological polar surface area (TPSA) is 65.7 Å². The first-order chi connectivity index (χ1) is 9.97. The van der Waals surface area contributed by atoms with Crippen molar-refractivity contribution in [1.29, 1.82) is 0 Å². The Morgan fingerprint density at radius 1 is 1.36 bits per heavy atom. The minimum atomic E-state index is 0. The molecule has 1 heterocycles. The fourth-order valence-corrected chi connectivity index (χ4v) is 1.88. The highest BCUT2D eigenvalue weighted by Crippen LogP contribution is 2.07. The van der Waals surface area contributed by atoms with E-state index in [2.05, 4.69) is 46.4 Å². The molecule has 1 aromatic heterocycles. The van der Waals surface area contributed by atoms with Gasteiger partial charge in [-0.1, -0.05) is 6.92 Å². The maximum Gasteiger partial charge on any atom is 0.214 e. The van der Waals surface area contributed by atoms with Gasteiger partial charge in [-0.25, -0.2) is 4.98 Å². The molecule has 1 unspecified atom stereocenters. The van der Waals surface area contributed by atoms with Crippen LogP contribution in [-0.2, 0) is 6.54 Å². The molecule has 0 amide bonds. The summed E-state index contributed by atoms with van der Waals surface area (Å²) in [5.74, 6) is 2.32. The van der Waals surface area contributed by atoms with E-state index in [9.17, 15) is 0 Å². The van der Waals surface area contributed by atoms with E-state index >= 15 is 0 Å². The fourth-order valence-electron chi connectivity index (χ4n) is 1.88. The normalized spacial score (nSPS) is 13.0. The number of hydrogen-bond donors (Lipinski definition) is 2. The minimum Gasteiger partial charge on any atom is -0.444 e. The molecule has 6 nitrogen and oxygen atoms in total. The van der Waals surface area contributed by atoms with Crippen LogP contribution in [0.15, 0.2) is 9.41 Å². The highest BCUT2D eigenvalue weighted by atomic mass is 127. The third-order valence-corrected chi connectivity index (χ3v) is 3.80. The summed E-state index contributed by atoms with van der Waals surface area (Å²) >= 11 is 0. The van der Waals surface area contributed by atoms with Crippen molar-refractivity contribution in [2.75, 3.05) is 27.2 Å². The molecule has 0 fully saturated rings. The Balaban J connectivity index is 0.00000441. The Morgan fingerprint density at radius 3 is 2.55 bits per heavy atom. The predicted molar refractivity (Wildman–Crippen MR) is 102 cm³/mol. The lowest BCUT2D eigenvalue weighted by Gasteiger charge is -2.23. The Hall–Kier alpha value is -0.830. The first-order valence-corrected chi connectivity index (χ1v) is 7.55. The van der Waals surface area contributed by atoms with Crippen molar-refractivity contribution in [1.82, 2.24) is 20.5 Å². The number of aromatic nitrogens is 1. The molecular formula is C15H30IN5O. The summed E-state index contributed by atoms with van der Waals surface area (Å²) in [7, 11) is 3.91. The van der Waals surface area contributed by atoms with Gasteiger partial charge in [-0.15, -0.1) is 24.0 Å². The molecule has 128 valence electrons. The Morgan fingerprint density at radius 2 is 2.05 bits per heavy atom. The van der Waals surface area contributed by atoms with Gasteiger partial charge in [0, 0.05) is 26.2 Å². The molecule has 0 aliphatic rings. The van der Waals surface area contributed by atoms with Gasteiger partial charge in [0.05, 0.1) is 12.2 Å². The van der Waals surface area contributed by atoms with Crippen molar-refractivity contribution >= 4 is 29.9 Å². The lowest BCUT2D eigenvalue weighted by Crippen LogP contribution is -2.42. The average molecular weight is 423 g/mol. The van der Waals surface area contributed by atoms with E-state index in [1.807, 2.05) is 13.8 Å². The number of nitrogens with one attached hydrogen (secondary N) is 2. The number of guanidine groups is 1. The number of oxazole rings is 1. The van der Waals surface area contributed by atoms with Crippen LogP contribution in [0.2, 0.25) is 0 Å². The lowest BCUT2D eigenvalue weighted by atomic mass is 10.2. The first kappa shape index (κ1) is 21.2. The van der Waals surface area contributed by atoms with Gasteiger partial charge in [-0.3, -0.25) is 4.99 Å². The maximum atomic E-state index is 5.53. The van der Waals surface area contributed by atoms with Gasteiger partial charge in [-0.2, -0.15) is 0 Å². The number of hydrogen-bond acceptors (Lipinski definition) is 4. The van der Waals surface area contributed by atoms with Gasteiger partial charge in [0.15, 0.2) is 5.96 Å². The van der Waals surface area contributed by atoms with E-state index in [4.69, 9.17) is 4.42 Å². The molecule has 0 aromatic carbocycles. The molecule has 0 saturated heterocycles. The van der Waals surface area contributed by atoms with Crippen LogP contribution in [0, 0.1) is 13.8 Å². The van der Waals surface area contributed by atoms with Gasteiger partial charge < -0.3 is 20.0 Å². The second-order valence-corrected chi connectivity index (χ2v) is 5.34. The van der Waals surface area contributed by atoms with E-state index in [0.717, 1.165) is 36.9 Å². The van der Waals surface area contributed by atoms with Crippen LogP contribution in [0.1, 0.15) is 37.6 Å². The van der Waals surface area contributed by atoms with Crippen LogP contribution in [0.3, 0.4) is 0 Å². The van der Waals surface area contributed by atoms with Gasteiger partial charge in [0.2, 0.25) is 5.89 Å². The third-order valence-electron chi connectivity index (χ3n) is 3.80. The van der Waals surface area contributed by atoms with Crippen LogP contribution in [0.25, 0.3) is 0 Å². The summed E-state index contributed by atoms with van der Waals surface area (Å²) in [5.41, 5.74) is 0.935. The third kappa shape index (κ3) is 6.95. The molecule has 0 saturated carbocycles. The van der Waals surface area contributed by atoms with E-state index in [1.54, 1.807) is 7.05 Å². The Kier molecular flexibility index (Phi) is 10.4. The highest BCUT2D eigenvalue weighted by molar-refractivity contribution is 14.0. The van der Waals surface area contributed by atoms with Gasteiger partial charge in [-0.05, 0) is 34.2 Å². The van der Waals surface area contributed by atoms with Crippen LogP contribution in [0.5, 0.6) is 0 Å². The minimum absolute atomic E-state index is 0. The van der Waals surface area contributed by atoms with Crippen molar-refractivity contribution in [3.8, 4) is 0 Å². The van der Waals surface area contributed by atoms with E-state index in [0.29, 0.717) is 18.5 Å². The molecule has 0 spiro atoms. The summed E-state index contributed by atoms with van der Waals surface area (Å²) in [6, 6.07) is 0.597. The summed E-state index contributed by atoms with van der Waals surface area (Å²) in [6.07, 6.45) is 1.16. The van der Waals surface area contributed by atoms with Crippen LogP contribution < -0.4 is 10.6 Å². The van der Waals surface area contributed by atoms with E-state index in [1.165, 1.54) is 0 Å². The molecule has 22 heavy (non-hydrogen) atoms. The zero-order chi connectivity index (χ0) is 15.8. The molecule has 7 heteroatoms. The number of aryl methyl sites for hydroxylation is 2. The summed E-state index contributed by atoms with van der Waals surface area (Å²) < 4.78 is 5.53. The van der Waals surface area contributed by atoms with Crippen molar-refractivity contribution < 1.29 is 4.42 Å². The number of rotatable bonds is 7. The smallest absolute Gasteiger partial charge is 0.214 e. The Labute approximate surface area is 151 Å². The maximum absolute atomic E-state index is 5.53. The zero-order valence-electron chi connectivity index (χ0n) is 14.6.